The molecule has 3 nitrogen and oxygen atoms in total. The van der Waals surface area contributed by atoms with Gasteiger partial charge in [0.15, 0.2) is 0 Å². The van der Waals surface area contributed by atoms with E-state index in [1.54, 1.807) is 12.1 Å². The average Bonchev–Trinajstić information content (AvgIpc) is 2.41. The van der Waals surface area contributed by atoms with Crippen molar-refractivity contribution in [2.75, 3.05) is 13.7 Å². The first-order chi connectivity index (χ1) is 7.61. The van der Waals surface area contributed by atoms with Crippen LogP contribution in [0.4, 0.5) is 0 Å². The summed E-state index contributed by atoms with van der Waals surface area (Å²) < 4.78 is 5.59. The Morgan fingerprint density at radius 1 is 1.35 bits per heavy atom. The fourth-order valence-corrected chi connectivity index (χ4v) is 2.11. The predicted octanol–water partition coefficient (Wildman–Crippen LogP) is 2.82. The molecule has 1 aliphatic heterocycles. The second-order valence-electron chi connectivity index (χ2n) is 3.85. The molecule has 96 valence electrons. The minimum atomic E-state index is -0.579. The van der Waals surface area contributed by atoms with Crippen LogP contribution < -0.4 is 10.1 Å². The maximum absolute atomic E-state index is 10.0. The Hall–Kier alpha value is -0.190. The molecule has 0 unspecified atom stereocenters. The summed E-state index contributed by atoms with van der Waals surface area (Å²) in [6.45, 7) is 0.512. The Morgan fingerprint density at radius 2 is 2.00 bits per heavy atom. The van der Waals surface area contributed by atoms with E-state index in [2.05, 4.69) is 5.32 Å². The molecule has 0 spiro atoms. The van der Waals surface area contributed by atoms with Crippen LogP contribution in [0, 0.1) is 0 Å². The number of aliphatic hydroxyl groups is 1. The van der Waals surface area contributed by atoms with Gasteiger partial charge >= 0.3 is 0 Å². The van der Waals surface area contributed by atoms with Crippen molar-refractivity contribution in [3.63, 3.8) is 0 Å². The first-order valence-corrected chi connectivity index (χ1v) is 5.84. The van der Waals surface area contributed by atoms with Gasteiger partial charge in [-0.2, -0.15) is 0 Å². The Kier molecular flexibility index (Phi) is 5.35. The Bertz CT molecular complexity index is 401. The van der Waals surface area contributed by atoms with Gasteiger partial charge in [0, 0.05) is 17.7 Å². The van der Waals surface area contributed by atoms with Crippen LogP contribution in [0.3, 0.4) is 0 Å². The van der Waals surface area contributed by atoms with E-state index in [4.69, 9.17) is 27.9 Å². The number of halogens is 3. The maximum atomic E-state index is 10.0. The molecular weight excluding hydrogens is 284 g/mol. The molecule has 17 heavy (non-hydrogen) atoms. The van der Waals surface area contributed by atoms with E-state index in [1.807, 2.05) is 7.05 Å². The van der Waals surface area contributed by atoms with Gasteiger partial charge in [-0.25, -0.2) is 0 Å². The number of aliphatic hydroxyl groups excluding tert-OH is 1. The lowest BCUT2D eigenvalue weighted by Gasteiger charge is -2.14. The zero-order valence-electron chi connectivity index (χ0n) is 9.24. The average molecular weight is 299 g/mol. The van der Waals surface area contributed by atoms with E-state index in [0.717, 1.165) is 0 Å². The van der Waals surface area contributed by atoms with Gasteiger partial charge in [0.05, 0.1) is 16.1 Å². The maximum Gasteiger partial charge on any atom is 0.126 e. The van der Waals surface area contributed by atoms with Crippen LogP contribution >= 0.6 is 35.6 Å². The van der Waals surface area contributed by atoms with Crippen LogP contribution in [0.1, 0.15) is 18.1 Å². The number of benzene rings is 1. The van der Waals surface area contributed by atoms with Crippen molar-refractivity contribution in [3.05, 3.63) is 27.7 Å². The normalized spacial score (nSPS) is 23.1. The van der Waals surface area contributed by atoms with Gasteiger partial charge in [0.2, 0.25) is 0 Å². The van der Waals surface area contributed by atoms with E-state index >= 15 is 0 Å². The molecule has 1 aromatic rings. The standard InChI is InChI=1S/C11H13Cl2NO2.ClH/c1-14-6-2-10(15)7-3-8(12)9(13)4-11(7)16-5-6;/h3-4,6,10,14-15H,2,5H2,1H3;1H/t6-,10-;/m0./s1. The number of rotatable bonds is 1. The first-order valence-electron chi connectivity index (χ1n) is 5.09. The van der Waals surface area contributed by atoms with Gasteiger partial charge in [-0.15, -0.1) is 12.4 Å². The molecule has 0 radical (unpaired) electrons. The minimum Gasteiger partial charge on any atom is -0.492 e. The Balaban J connectivity index is 0.00000144. The van der Waals surface area contributed by atoms with Crippen molar-refractivity contribution in [1.82, 2.24) is 5.32 Å². The van der Waals surface area contributed by atoms with E-state index in [9.17, 15) is 5.11 Å². The molecule has 2 N–H and O–H groups in total. The molecule has 0 saturated carbocycles. The van der Waals surface area contributed by atoms with Crippen LogP contribution in [0.5, 0.6) is 5.75 Å². The molecule has 1 aliphatic rings. The highest BCUT2D eigenvalue weighted by atomic mass is 35.5. The number of ether oxygens (including phenoxy) is 1. The quantitative estimate of drug-likeness (QED) is 0.838. The van der Waals surface area contributed by atoms with E-state index in [0.29, 0.717) is 34.4 Å². The highest BCUT2D eigenvalue weighted by Gasteiger charge is 2.24. The lowest BCUT2D eigenvalue weighted by atomic mass is 10.0. The summed E-state index contributed by atoms with van der Waals surface area (Å²) in [5.41, 5.74) is 0.701. The lowest BCUT2D eigenvalue weighted by molar-refractivity contribution is 0.153. The van der Waals surface area contributed by atoms with Gasteiger partial charge in [0.25, 0.3) is 0 Å². The molecule has 0 bridgehead atoms. The third-order valence-electron chi connectivity index (χ3n) is 2.77. The summed E-state index contributed by atoms with van der Waals surface area (Å²) in [7, 11) is 1.84. The molecule has 0 amide bonds. The number of hydrogen-bond acceptors (Lipinski definition) is 3. The van der Waals surface area contributed by atoms with E-state index in [-0.39, 0.29) is 18.4 Å². The van der Waals surface area contributed by atoms with Crippen LogP contribution in [-0.2, 0) is 0 Å². The minimum absolute atomic E-state index is 0. The zero-order chi connectivity index (χ0) is 11.7. The number of likely N-dealkylation sites (N-methyl/N-ethyl adjacent to an activating group) is 1. The molecule has 1 aromatic carbocycles. The smallest absolute Gasteiger partial charge is 0.126 e. The Labute approximate surface area is 116 Å². The van der Waals surface area contributed by atoms with Gasteiger partial charge in [-0.1, -0.05) is 23.2 Å². The van der Waals surface area contributed by atoms with Crippen molar-refractivity contribution in [2.24, 2.45) is 0 Å². The largest absolute Gasteiger partial charge is 0.492 e. The van der Waals surface area contributed by atoms with Gasteiger partial charge in [-0.3, -0.25) is 0 Å². The van der Waals surface area contributed by atoms with Crippen LogP contribution in [0.15, 0.2) is 12.1 Å². The molecule has 0 fully saturated rings. The monoisotopic (exact) mass is 297 g/mol. The highest BCUT2D eigenvalue weighted by molar-refractivity contribution is 6.42. The fourth-order valence-electron chi connectivity index (χ4n) is 1.79. The fraction of sp³-hybridized carbons (Fsp3) is 0.455. The topological polar surface area (TPSA) is 41.5 Å². The second-order valence-corrected chi connectivity index (χ2v) is 4.67. The van der Waals surface area contributed by atoms with Gasteiger partial charge in [0.1, 0.15) is 12.4 Å². The summed E-state index contributed by atoms with van der Waals surface area (Å²) in [5.74, 6) is 0.611. The summed E-state index contributed by atoms with van der Waals surface area (Å²) >= 11 is 11.8. The third-order valence-corrected chi connectivity index (χ3v) is 3.49. The highest BCUT2D eigenvalue weighted by Crippen LogP contribution is 2.37. The summed E-state index contributed by atoms with van der Waals surface area (Å²) in [4.78, 5) is 0. The SMILES string of the molecule is CN[C@@H]1COc2cc(Cl)c(Cl)cc2[C@@H](O)C1.Cl. The lowest BCUT2D eigenvalue weighted by Crippen LogP contribution is -2.31. The second kappa shape index (κ2) is 6.12. The van der Waals surface area contributed by atoms with Crippen LogP contribution in [-0.4, -0.2) is 24.8 Å². The van der Waals surface area contributed by atoms with Gasteiger partial charge in [-0.05, 0) is 19.5 Å². The van der Waals surface area contributed by atoms with E-state index < -0.39 is 6.10 Å². The van der Waals surface area contributed by atoms with Crippen LogP contribution in [0.25, 0.3) is 0 Å². The summed E-state index contributed by atoms with van der Waals surface area (Å²) in [6.07, 6.45) is 0.0197. The Morgan fingerprint density at radius 3 is 2.65 bits per heavy atom. The molecule has 2 rings (SSSR count). The number of nitrogens with one attached hydrogen (secondary N) is 1. The van der Waals surface area contributed by atoms with Crippen molar-refractivity contribution in [3.8, 4) is 5.75 Å². The summed E-state index contributed by atoms with van der Waals surface area (Å²) in [6, 6.07) is 3.45. The van der Waals surface area contributed by atoms with Crippen molar-refractivity contribution < 1.29 is 9.84 Å². The molecular formula is C11H14Cl3NO2. The first kappa shape index (κ1) is 14.9. The molecule has 1 heterocycles. The zero-order valence-corrected chi connectivity index (χ0v) is 11.6. The molecule has 0 saturated heterocycles. The number of hydrogen-bond donors (Lipinski definition) is 2. The summed E-state index contributed by atoms with van der Waals surface area (Å²) in [5, 5.41) is 14.0. The molecule has 0 aliphatic carbocycles. The van der Waals surface area contributed by atoms with Crippen molar-refractivity contribution in [1.29, 1.82) is 0 Å². The van der Waals surface area contributed by atoms with Crippen LogP contribution in [0.2, 0.25) is 10.0 Å². The van der Waals surface area contributed by atoms with E-state index in [1.165, 1.54) is 0 Å². The molecule has 0 aromatic heterocycles. The third kappa shape index (κ3) is 3.18. The predicted molar refractivity (Wildman–Crippen MR) is 71.6 cm³/mol. The van der Waals surface area contributed by atoms with Gasteiger partial charge < -0.3 is 15.2 Å². The van der Waals surface area contributed by atoms with Crippen molar-refractivity contribution >= 4 is 35.6 Å². The van der Waals surface area contributed by atoms with Crippen molar-refractivity contribution in [2.45, 2.75) is 18.6 Å². The molecule has 2 atom stereocenters. The number of fused-ring (bicyclic) bond motifs is 1. The molecule has 6 heteroatoms.